The summed E-state index contributed by atoms with van der Waals surface area (Å²) in [4.78, 5) is 44.5. The third kappa shape index (κ3) is 5.42. The van der Waals surface area contributed by atoms with E-state index in [0.717, 1.165) is 22.4 Å². The van der Waals surface area contributed by atoms with Crippen LogP contribution >= 0.6 is 0 Å². The molecule has 0 bridgehead atoms. The van der Waals surface area contributed by atoms with Crippen molar-refractivity contribution in [2.75, 3.05) is 34.0 Å². The predicted octanol–water partition coefficient (Wildman–Crippen LogP) is 2.60. The van der Waals surface area contributed by atoms with Crippen LogP contribution in [0, 0.1) is 0 Å². The van der Waals surface area contributed by atoms with Crippen molar-refractivity contribution in [1.82, 2.24) is 25.1 Å². The Labute approximate surface area is 244 Å². The average molecular weight is 572 g/mol. The average Bonchev–Trinajstić information content (AvgIpc) is 3.47. The first-order valence-electron chi connectivity index (χ1n) is 13.8. The van der Waals surface area contributed by atoms with Crippen molar-refractivity contribution in [3.05, 3.63) is 89.5 Å². The highest BCUT2D eigenvalue weighted by atomic mass is 16.7. The van der Waals surface area contributed by atoms with Crippen molar-refractivity contribution in [1.29, 1.82) is 0 Å². The Morgan fingerprint density at radius 3 is 2.45 bits per heavy atom. The van der Waals surface area contributed by atoms with Gasteiger partial charge in [-0.2, -0.15) is 0 Å². The number of nitrogens with zero attached hydrogens (tertiary/aromatic N) is 4. The standard InChI is InChI=1S/C31H33N5O6/c1-33-19-29(37)35-25(14-21-6-4-3-5-7-21)30(38)34(17-23-10-13-26-27(15-23)42-20-41-26)18-28(35)36(33)31(39)32-16-22-8-11-24(40-2)12-9-22/h3-13,15,25,28H,14,16-20H2,1-2H3,(H,32,39)/t25-,28-/m0/s1. The van der Waals surface area contributed by atoms with Gasteiger partial charge in [0.1, 0.15) is 18.0 Å². The first kappa shape index (κ1) is 27.4. The Kier molecular flexibility index (Phi) is 7.58. The van der Waals surface area contributed by atoms with E-state index in [-0.39, 0.29) is 37.7 Å². The summed E-state index contributed by atoms with van der Waals surface area (Å²) in [6.07, 6.45) is -0.350. The molecule has 0 spiro atoms. The zero-order chi connectivity index (χ0) is 29.2. The molecular formula is C31H33N5O6. The molecule has 218 valence electrons. The van der Waals surface area contributed by atoms with E-state index in [0.29, 0.717) is 31.0 Å². The van der Waals surface area contributed by atoms with Crippen molar-refractivity contribution < 1.29 is 28.6 Å². The topological polar surface area (TPSA) is 104 Å². The second-order valence-electron chi connectivity index (χ2n) is 10.6. The van der Waals surface area contributed by atoms with E-state index in [9.17, 15) is 14.4 Å². The molecule has 6 rings (SSSR count). The third-order valence-electron chi connectivity index (χ3n) is 7.83. The number of fused-ring (bicyclic) bond motifs is 2. The van der Waals surface area contributed by atoms with Crippen LogP contribution in [-0.4, -0.2) is 83.9 Å². The summed E-state index contributed by atoms with van der Waals surface area (Å²) in [5.74, 6) is 1.67. The van der Waals surface area contributed by atoms with Crippen LogP contribution in [-0.2, 0) is 29.1 Å². The zero-order valence-electron chi connectivity index (χ0n) is 23.6. The molecule has 3 aliphatic heterocycles. The number of hydrazine groups is 1. The summed E-state index contributed by atoms with van der Waals surface area (Å²) in [5, 5.41) is 6.17. The zero-order valence-corrected chi connectivity index (χ0v) is 23.6. The number of urea groups is 1. The lowest BCUT2D eigenvalue weighted by Gasteiger charge is -2.54. The summed E-state index contributed by atoms with van der Waals surface area (Å²) in [6, 6.07) is 21.5. The molecule has 42 heavy (non-hydrogen) atoms. The van der Waals surface area contributed by atoms with Gasteiger partial charge in [0.05, 0.1) is 20.2 Å². The minimum absolute atomic E-state index is 0.0206. The number of ether oxygens (including phenoxy) is 3. The SMILES string of the molecule is COc1ccc(CNC(=O)N2[C@H]3CN(Cc4ccc5c(c4)OCO5)C(=O)[C@H](Cc4ccccc4)N3C(=O)CN2C)cc1. The van der Waals surface area contributed by atoms with Gasteiger partial charge in [-0.05, 0) is 41.0 Å². The molecule has 0 unspecified atom stereocenters. The number of amides is 4. The van der Waals surface area contributed by atoms with Crippen LogP contribution < -0.4 is 19.5 Å². The quantitative estimate of drug-likeness (QED) is 0.465. The minimum atomic E-state index is -0.766. The summed E-state index contributed by atoms with van der Waals surface area (Å²) < 4.78 is 16.2. The lowest BCUT2D eigenvalue weighted by atomic mass is 9.98. The van der Waals surface area contributed by atoms with Gasteiger partial charge >= 0.3 is 6.03 Å². The van der Waals surface area contributed by atoms with E-state index < -0.39 is 12.2 Å². The van der Waals surface area contributed by atoms with Gasteiger partial charge in [0.2, 0.25) is 18.6 Å². The van der Waals surface area contributed by atoms with E-state index in [1.807, 2.05) is 72.8 Å². The van der Waals surface area contributed by atoms with E-state index in [2.05, 4.69) is 5.32 Å². The molecule has 4 amide bonds. The van der Waals surface area contributed by atoms with E-state index in [4.69, 9.17) is 14.2 Å². The van der Waals surface area contributed by atoms with Crippen LogP contribution in [0.15, 0.2) is 72.8 Å². The number of hydrogen-bond acceptors (Lipinski definition) is 7. The van der Waals surface area contributed by atoms with Crippen LogP contribution in [0.3, 0.4) is 0 Å². The lowest BCUT2D eigenvalue weighted by Crippen LogP contribution is -2.76. The van der Waals surface area contributed by atoms with Gasteiger partial charge in [-0.1, -0.05) is 48.5 Å². The number of likely N-dealkylation sites (N-methyl/N-ethyl adjacent to an activating group) is 1. The first-order chi connectivity index (χ1) is 20.4. The van der Waals surface area contributed by atoms with Gasteiger partial charge in [0.25, 0.3) is 0 Å². The monoisotopic (exact) mass is 571 g/mol. The summed E-state index contributed by atoms with van der Waals surface area (Å²) in [5.41, 5.74) is 2.70. The molecule has 11 heteroatoms. The summed E-state index contributed by atoms with van der Waals surface area (Å²) in [7, 11) is 3.32. The highest BCUT2D eigenvalue weighted by Gasteiger charge is 2.50. The van der Waals surface area contributed by atoms with Crippen LogP contribution in [0.4, 0.5) is 4.79 Å². The minimum Gasteiger partial charge on any atom is -0.497 e. The maximum atomic E-state index is 14.0. The number of rotatable bonds is 7. The second kappa shape index (κ2) is 11.6. The largest absolute Gasteiger partial charge is 0.497 e. The molecule has 0 aliphatic carbocycles. The first-order valence-corrected chi connectivity index (χ1v) is 13.8. The number of piperazine rings is 1. The van der Waals surface area contributed by atoms with Crippen molar-refractivity contribution in [2.45, 2.75) is 31.7 Å². The van der Waals surface area contributed by atoms with Gasteiger partial charge in [-0.3, -0.25) is 9.59 Å². The van der Waals surface area contributed by atoms with E-state index >= 15 is 0 Å². The Morgan fingerprint density at radius 1 is 0.952 bits per heavy atom. The van der Waals surface area contributed by atoms with Crippen molar-refractivity contribution in [3.63, 3.8) is 0 Å². The molecular weight excluding hydrogens is 538 g/mol. The maximum Gasteiger partial charge on any atom is 0.334 e. The summed E-state index contributed by atoms with van der Waals surface area (Å²) >= 11 is 0. The maximum absolute atomic E-state index is 14.0. The number of carbonyl (C=O) groups is 3. The highest BCUT2D eigenvalue weighted by molar-refractivity contribution is 5.91. The van der Waals surface area contributed by atoms with Gasteiger partial charge in [-0.15, -0.1) is 0 Å². The number of benzene rings is 3. The van der Waals surface area contributed by atoms with Gasteiger partial charge < -0.3 is 29.3 Å². The van der Waals surface area contributed by atoms with E-state index in [1.165, 1.54) is 0 Å². The molecule has 2 atom stereocenters. The smallest absolute Gasteiger partial charge is 0.334 e. The van der Waals surface area contributed by atoms with Crippen molar-refractivity contribution >= 4 is 17.8 Å². The number of carbonyl (C=O) groups excluding carboxylic acids is 3. The number of nitrogens with one attached hydrogen (secondary N) is 1. The lowest BCUT2D eigenvalue weighted by molar-refractivity contribution is -0.187. The molecule has 0 saturated carbocycles. The van der Waals surface area contributed by atoms with Crippen LogP contribution in [0.25, 0.3) is 0 Å². The molecule has 3 aliphatic rings. The van der Waals surface area contributed by atoms with E-state index in [1.54, 1.807) is 34.0 Å². The number of methoxy groups -OCH3 is 1. The molecule has 0 radical (unpaired) electrons. The number of hydrogen-bond donors (Lipinski definition) is 1. The van der Waals surface area contributed by atoms with Crippen LogP contribution in [0.2, 0.25) is 0 Å². The Morgan fingerprint density at radius 2 is 1.69 bits per heavy atom. The second-order valence-corrected chi connectivity index (χ2v) is 10.6. The van der Waals surface area contributed by atoms with Gasteiger partial charge in [0, 0.05) is 26.6 Å². The highest BCUT2D eigenvalue weighted by Crippen LogP contribution is 2.34. The molecule has 3 heterocycles. The molecule has 3 aromatic carbocycles. The molecule has 2 fully saturated rings. The van der Waals surface area contributed by atoms with Crippen LogP contribution in [0.1, 0.15) is 16.7 Å². The van der Waals surface area contributed by atoms with Gasteiger partial charge in [0.15, 0.2) is 11.5 Å². The Hall–Kier alpha value is -4.77. The third-order valence-corrected chi connectivity index (χ3v) is 7.83. The predicted molar refractivity (Wildman–Crippen MR) is 152 cm³/mol. The van der Waals surface area contributed by atoms with Crippen LogP contribution in [0.5, 0.6) is 17.2 Å². The molecule has 0 aromatic heterocycles. The summed E-state index contributed by atoms with van der Waals surface area (Å²) in [6.45, 7) is 0.885. The molecule has 3 aromatic rings. The molecule has 11 nitrogen and oxygen atoms in total. The van der Waals surface area contributed by atoms with Crippen molar-refractivity contribution in [2.24, 2.45) is 0 Å². The molecule has 1 N–H and O–H groups in total. The Bertz CT molecular complexity index is 1470. The van der Waals surface area contributed by atoms with Gasteiger partial charge in [-0.25, -0.2) is 14.8 Å². The van der Waals surface area contributed by atoms with Crippen molar-refractivity contribution in [3.8, 4) is 17.2 Å². The molecule has 2 saturated heterocycles. The fourth-order valence-electron chi connectivity index (χ4n) is 5.75. The fraction of sp³-hybridized carbons (Fsp3) is 0.323. The Balaban J connectivity index is 1.28. The normalized spacial score (nSPS) is 20.0. The fourth-order valence-corrected chi connectivity index (χ4v) is 5.75.